The topological polar surface area (TPSA) is 61.9 Å². The Morgan fingerprint density at radius 3 is 2.30 bits per heavy atom. The zero-order valence-electron chi connectivity index (χ0n) is 15.0. The van der Waals surface area contributed by atoms with Crippen LogP contribution in [-0.4, -0.2) is 53.5 Å². The van der Waals surface area contributed by atoms with Gasteiger partial charge in [0.2, 0.25) is 0 Å². The van der Waals surface area contributed by atoms with Crippen LogP contribution in [0.5, 0.6) is 0 Å². The van der Waals surface area contributed by atoms with Crippen LogP contribution in [0.3, 0.4) is 0 Å². The molecule has 2 N–H and O–H groups in total. The average Bonchev–Trinajstić information content (AvgIpc) is 2.69. The van der Waals surface area contributed by atoms with Crippen LogP contribution in [-0.2, 0) is 10.8 Å². The molecular formula is C19H24FIN4OS. The molecule has 5 nitrogen and oxygen atoms in total. The van der Waals surface area contributed by atoms with Gasteiger partial charge in [0.25, 0.3) is 0 Å². The van der Waals surface area contributed by atoms with E-state index >= 15 is 0 Å². The number of hydrogen-bond donors (Lipinski definition) is 1. The van der Waals surface area contributed by atoms with Crippen molar-refractivity contribution in [1.29, 1.82) is 0 Å². The van der Waals surface area contributed by atoms with Gasteiger partial charge < -0.3 is 15.5 Å². The summed E-state index contributed by atoms with van der Waals surface area (Å²) < 4.78 is 25.2. The standard InChI is InChI=1S/C19H23FN4OS.HI/c20-16-6-8-17(9-7-16)23-11-13-24(14-12-23)19(21)22-10-15-26(25)18-4-2-1-3-5-18;/h1-9H,10-15H2,(H2,21,22);1H. The van der Waals surface area contributed by atoms with Gasteiger partial charge in [-0.2, -0.15) is 0 Å². The Labute approximate surface area is 178 Å². The van der Waals surface area contributed by atoms with Crippen LogP contribution in [0.25, 0.3) is 0 Å². The number of aliphatic imine (C=N–C) groups is 1. The summed E-state index contributed by atoms with van der Waals surface area (Å²) in [6, 6.07) is 15.9. The number of rotatable bonds is 5. The molecule has 0 bridgehead atoms. The van der Waals surface area contributed by atoms with Gasteiger partial charge in [-0.05, 0) is 36.4 Å². The van der Waals surface area contributed by atoms with E-state index in [1.54, 1.807) is 12.1 Å². The van der Waals surface area contributed by atoms with Gasteiger partial charge in [-0.1, -0.05) is 18.2 Å². The van der Waals surface area contributed by atoms with Crippen molar-refractivity contribution in [2.24, 2.45) is 10.7 Å². The first kappa shape index (κ1) is 21.6. The predicted octanol–water partition coefficient (Wildman–Crippen LogP) is 2.69. The quantitative estimate of drug-likeness (QED) is 0.388. The third kappa shape index (κ3) is 6.17. The fourth-order valence-corrected chi connectivity index (χ4v) is 3.83. The molecule has 1 aliphatic rings. The highest BCUT2D eigenvalue weighted by Crippen LogP contribution is 2.16. The van der Waals surface area contributed by atoms with Gasteiger partial charge in [-0.15, -0.1) is 24.0 Å². The number of piperazine rings is 1. The van der Waals surface area contributed by atoms with E-state index in [2.05, 4.69) is 9.89 Å². The monoisotopic (exact) mass is 502 g/mol. The summed E-state index contributed by atoms with van der Waals surface area (Å²) >= 11 is 0. The van der Waals surface area contributed by atoms with Crippen molar-refractivity contribution in [2.45, 2.75) is 4.90 Å². The molecule has 0 saturated carbocycles. The normalized spacial score (nSPS) is 16.0. The van der Waals surface area contributed by atoms with Crippen molar-refractivity contribution in [3.8, 4) is 0 Å². The van der Waals surface area contributed by atoms with Crippen molar-refractivity contribution in [1.82, 2.24) is 4.90 Å². The molecule has 8 heteroatoms. The first-order valence-corrected chi connectivity index (χ1v) is 9.94. The van der Waals surface area contributed by atoms with Gasteiger partial charge in [0, 0.05) is 42.5 Å². The lowest BCUT2D eigenvalue weighted by Crippen LogP contribution is -2.51. The van der Waals surface area contributed by atoms with Crippen molar-refractivity contribution in [3.63, 3.8) is 0 Å². The maximum Gasteiger partial charge on any atom is 0.191 e. The molecule has 0 radical (unpaired) electrons. The second-order valence-electron chi connectivity index (χ2n) is 6.05. The third-order valence-corrected chi connectivity index (χ3v) is 5.70. The summed E-state index contributed by atoms with van der Waals surface area (Å²) in [6.45, 7) is 3.56. The van der Waals surface area contributed by atoms with Crippen LogP contribution < -0.4 is 10.6 Å². The largest absolute Gasteiger partial charge is 0.370 e. The number of nitrogens with zero attached hydrogens (tertiary/aromatic N) is 3. The van der Waals surface area contributed by atoms with Gasteiger partial charge in [-0.25, -0.2) is 4.39 Å². The maximum absolute atomic E-state index is 13.0. The summed E-state index contributed by atoms with van der Waals surface area (Å²) in [5, 5.41) is 0. The molecular weight excluding hydrogens is 478 g/mol. The van der Waals surface area contributed by atoms with Crippen molar-refractivity contribution >= 4 is 46.4 Å². The van der Waals surface area contributed by atoms with Crippen LogP contribution in [0.15, 0.2) is 64.5 Å². The fourth-order valence-electron chi connectivity index (χ4n) is 2.88. The van der Waals surface area contributed by atoms with Crippen LogP contribution in [0.2, 0.25) is 0 Å². The van der Waals surface area contributed by atoms with E-state index in [0.717, 1.165) is 36.8 Å². The molecule has 1 fully saturated rings. The van der Waals surface area contributed by atoms with Crippen LogP contribution in [0.4, 0.5) is 10.1 Å². The lowest BCUT2D eigenvalue weighted by molar-refractivity contribution is 0.381. The molecule has 1 unspecified atom stereocenters. The molecule has 1 heterocycles. The van der Waals surface area contributed by atoms with Gasteiger partial charge in [0.1, 0.15) is 5.82 Å². The molecule has 3 rings (SSSR count). The van der Waals surface area contributed by atoms with E-state index in [1.807, 2.05) is 35.2 Å². The third-order valence-electron chi connectivity index (χ3n) is 4.35. The minimum absolute atomic E-state index is 0. The molecule has 2 aromatic carbocycles. The smallest absolute Gasteiger partial charge is 0.191 e. The van der Waals surface area contributed by atoms with E-state index in [-0.39, 0.29) is 29.8 Å². The molecule has 0 aliphatic carbocycles. The number of halogens is 2. The number of guanidine groups is 1. The van der Waals surface area contributed by atoms with E-state index < -0.39 is 10.8 Å². The molecule has 0 amide bonds. The van der Waals surface area contributed by atoms with E-state index in [4.69, 9.17) is 5.73 Å². The zero-order valence-corrected chi connectivity index (χ0v) is 18.1. The number of nitrogens with two attached hydrogens (primary N) is 1. The highest BCUT2D eigenvalue weighted by atomic mass is 127. The second kappa shape index (κ2) is 10.6. The lowest BCUT2D eigenvalue weighted by Gasteiger charge is -2.36. The van der Waals surface area contributed by atoms with Crippen LogP contribution in [0, 0.1) is 5.82 Å². The van der Waals surface area contributed by atoms with Crippen molar-refractivity contribution in [3.05, 3.63) is 60.4 Å². The number of benzene rings is 2. The molecule has 0 spiro atoms. The molecule has 146 valence electrons. The molecule has 1 atom stereocenters. The van der Waals surface area contributed by atoms with Crippen LogP contribution >= 0.6 is 24.0 Å². The first-order chi connectivity index (χ1) is 12.6. The Bertz CT molecular complexity index is 765. The zero-order chi connectivity index (χ0) is 18.4. The Kier molecular flexibility index (Phi) is 8.49. The molecule has 1 aliphatic heterocycles. The van der Waals surface area contributed by atoms with Crippen molar-refractivity contribution in [2.75, 3.05) is 43.4 Å². The first-order valence-electron chi connectivity index (χ1n) is 8.62. The van der Waals surface area contributed by atoms with Crippen molar-refractivity contribution < 1.29 is 8.60 Å². The maximum atomic E-state index is 13.0. The van der Waals surface area contributed by atoms with E-state index in [1.165, 1.54) is 12.1 Å². The van der Waals surface area contributed by atoms with Gasteiger partial charge >= 0.3 is 0 Å². The minimum Gasteiger partial charge on any atom is -0.370 e. The average molecular weight is 502 g/mol. The Morgan fingerprint density at radius 1 is 1.04 bits per heavy atom. The van der Waals surface area contributed by atoms with E-state index in [0.29, 0.717) is 18.3 Å². The fraction of sp³-hybridized carbons (Fsp3) is 0.316. The SMILES string of the molecule is I.NC(=NCCS(=O)c1ccccc1)N1CCN(c2ccc(F)cc2)CC1. The summed E-state index contributed by atoms with van der Waals surface area (Å²) in [5.41, 5.74) is 7.10. The van der Waals surface area contributed by atoms with Crippen LogP contribution in [0.1, 0.15) is 0 Å². The molecule has 27 heavy (non-hydrogen) atoms. The minimum atomic E-state index is -1.06. The summed E-state index contributed by atoms with van der Waals surface area (Å²) in [5.74, 6) is 0.728. The van der Waals surface area contributed by atoms with Gasteiger partial charge in [0.05, 0.1) is 17.3 Å². The summed E-state index contributed by atoms with van der Waals surface area (Å²) in [7, 11) is -1.06. The Morgan fingerprint density at radius 2 is 1.67 bits per heavy atom. The Balaban J connectivity index is 0.00000261. The number of anilines is 1. The highest BCUT2D eigenvalue weighted by Gasteiger charge is 2.18. The predicted molar refractivity (Wildman–Crippen MR) is 120 cm³/mol. The highest BCUT2D eigenvalue weighted by molar-refractivity contribution is 14.0. The summed E-state index contributed by atoms with van der Waals surface area (Å²) in [4.78, 5) is 9.43. The lowest BCUT2D eigenvalue weighted by atomic mass is 10.2. The molecule has 2 aromatic rings. The number of hydrogen-bond acceptors (Lipinski definition) is 3. The van der Waals surface area contributed by atoms with Gasteiger partial charge in [-0.3, -0.25) is 9.20 Å². The molecule has 1 saturated heterocycles. The molecule has 0 aromatic heterocycles. The van der Waals surface area contributed by atoms with Gasteiger partial charge in [0.15, 0.2) is 5.96 Å². The Hall–Kier alpha value is -1.68. The second-order valence-corrected chi connectivity index (χ2v) is 7.62. The van der Waals surface area contributed by atoms with E-state index in [9.17, 15) is 8.60 Å². The summed E-state index contributed by atoms with van der Waals surface area (Å²) in [6.07, 6.45) is 0.